The van der Waals surface area contributed by atoms with E-state index in [9.17, 15) is 0 Å². The Kier molecular flexibility index (Phi) is 5.39. The van der Waals surface area contributed by atoms with Crippen LogP contribution in [0.25, 0.3) is 10.9 Å². The predicted molar refractivity (Wildman–Crippen MR) is 110 cm³/mol. The van der Waals surface area contributed by atoms with Gasteiger partial charge >= 0.3 is 0 Å². The van der Waals surface area contributed by atoms with Crippen LogP contribution in [0, 0.1) is 6.92 Å². The van der Waals surface area contributed by atoms with Crippen LogP contribution in [0.1, 0.15) is 43.9 Å². The first kappa shape index (κ1) is 18.4. The number of ether oxygens (including phenoxy) is 2. The van der Waals surface area contributed by atoms with E-state index in [0.29, 0.717) is 12.6 Å². The molecule has 1 unspecified atom stereocenters. The summed E-state index contributed by atoms with van der Waals surface area (Å²) in [5.41, 5.74) is 4.64. The van der Waals surface area contributed by atoms with Gasteiger partial charge in [0.2, 0.25) is 0 Å². The van der Waals surface area contributed by atoms with E-state index in [4.69, 9.17) is 14.5 Å². The number of benzene rings is 1. The summed E-state index contributed by atoms with van der Waals surface area (Å²) in [4.78, 5) is 7.38. The van der Waals surface area contributed by atoms with Gasteiger partial charge in [-0.25, -0.2) is 0 Å². The SMILES string of the molecule is COc1cc2c3c(c(C)nc2cc1OCCCN1CCCC1)CCC(C)N3. The molecule has 0 bridgehead atoms. The molecule has 0 spiro atoms. The summed E-state index contributed by atoms with van der Waals surface area (Å²) >= 11 is 0. The van der Waals surface area contributed by atoms with Gasteiger partial charge in [-0.15, -0.1) is 0 Å². The number of anilines is 1. The number of likely N-dealkylation sites (tertiary alicyclic amines) is 1. The molecule has 0 aliphatic carbocycles. The second kappa shape index (κ2) is 7.93. The number of aryl methyl sites for hydroxylation is 1. The van der Waals surface area contributed by atoms with E-state index in [1.54, 1.807) is 7.11 Å². The number of hydrogen-bond donors (Lipinski definition) is 1. The maximum absolute atomic E-state index is 6.09. The number of nitrogens with zero attached hydrogens (tertiary/aromatic N) is 2. The maximum Gasteiger partial charge on any atom is 0.163 e. The van der Waals surface area contributed by atoms with E-state index in [2.05, 4.69) is 30.1 Å². The lowest BCUT2D eigenvalue weighted by Crippen LogP contribution is -2.23. The Morgan fingerprint density at radius 3 is 2.81 bits per heavy atom. The Bertz CT molecular complexity index is 815. The fraction of sp³-hybridized carbons (Fsp3) is 0.591. The number of pyridine rings is 1. The number of hydrogen-bond acceptors (Lipinski definition) is 5. The highest BCUT2D eigenvalue weighted by atomic mass is 16.5. The van der Waals surface area contributed by atoms with Crippen LogP contribution in [0.4, 0.5) is 5.69 Å². The molecule has 1 atom stereocenters. The van der Waals surface area contributed by atoms with E-state index in [-0.39, 0.29) is 0 Å². The van der Waals surface area contributed by atoms with Crippen LogP contribution < -0.4 is 14.8 Å². The topological polar surface area (TPSA) is 46.6 Å². The molecule has 2 aliphatic rings. The van der Waals surface area contributed by atoms with Gasteiger partial charge in [-0.1, -0.05) is 0 Å². The summed E-state index contributed by atoms with van der Waals surface area (Å²) in [5, 5.41) is 4.78. The predicted octanol–water partition coefficient (Wildman–Crippen LogP) is 4.16. The number of rotatable bonds is 6. The van der Waals surface area contributed by atoms with E-state index < -0.39 is 0 Å². The third-order valence-corrected chi connectivity index (χ3v) is 5.87. The zero-order chi connectivity index (χ0) is 18.8. The highest BCUT2D eigenvalue weighted by Crippen LogP contribution is 2.39. The molecular formula is C22H31N3O2. The molecule has 3 heterocycles. The highest BCUT2D eigenvalue weighted by molar-refractivity contribution is 5.96. The second-order valence-electron chi connectivity index (χ2n) is 7.91. The van der Waals surface area contributed by atoms with Gasteiger partial charge in [-0.05, 0) is 70.7 Å². The molecule has 2 aliphatic heterocycles. The zero-order valence-corrected chi connectivity index (χ0v) is 16.8. The van der Waals surface area contributed by atoms with Crippen molar-refractivity contribution in [2.45, 2.75) is 52.0 Å². The van der Waals surface area contributed by atoms with Crippen LogP contribution in [0.2, 0.25) is 0 Å². The van der Waals surface area contributed by atoms with Crippen molar-refractivity contribution in [2.75, 3.05) is 38.7 Å². The van der Waals surface area contributed by atoms with Gasteiger partial charge < -0.3 is 19.7 Å². The molecule has 5 nitrogen and oxygen atoms in total. The number of fused-ring (bicyclic) bond motifs is 3. The first-order valence-electron chi connectivity index (χ1n) is 10.3. The van der Waals surface area contributed by atoms with Crippen molar-refractivity contribution >= 4 is 16.6 Å². The van der Waals surface area contributed by atoms with Gasteiger partial charge in [0.15, 0.2) is 11.5 Å². The highest BCUT2D eigenvalue weighted by Gasteiger charge is 2.21. The Hall–Kier alpha value is -2.01. The Balaban J connectivity index is 1.56. The molecule has 1 aromatic heterocycles. The number of aromatic nitrogens is 1. The normalized spacial score (nSPS) is 19.7. The smallest absolute Gasteiger partial charge is 0.163 e. The van der Waals surface area contributed by atoms with E-state index >= 15 is 0 Å². The molecule has 27 heavy (non-hydrogen) atoms. The number of methoxy groups -OCH3 is 1. The maximum atomic E-state index is 6.09. The lowest BCUT2D eigenvalue weighted by atomic mass is 9.95. The van der Waals surface area contributed by atoms with Crippen molar-refractivity contribution < 1.29 is 9.47 Å². The minimum absolute atomic E-state index is 0.481. The largest absolute Gasteiger partial charge is 0.493 e. The van der Waals surface area contributed by atoms with Crippen molar-refractivity contribution in [3.05, 3.63) is 23.4 Å². The fourth-order valence-electron chi connectivity index (χ4n) is 4.33. The summed E-state index contributed by atoms with van der Waals surface area (Å²) in [7, 11) is 1.71. The van der Waals surface area contributed by atoms with Crippen molar-refractivity contribution in [2.24, 2.45) is 0 Å². The Labute approximate surface area is 162 Å². The van der Waals surface area contributed by atoms with Crippen molar-refractivity contribution in [1.82, 2.24) is 9.88 Å². The molecule has 2 aromatic rings. The van der Waals surface area contributed by atoms with Gasteiger partial charge in [-0.3, -0.25) is 4.98 Å². The van der Waals surface area contributed by atoms with Crippen LogP contribution in [-0.2, 0) is 6.42 Å². The van der Waals surface area contributed by atoms with E-state index in [1.165, 1.54) is 37.2 Å². The first-order chi connectivity index (χ1) is 13.2. The van der Waals surface area contributed by atoms with E-state index in [1.807, 2.05) is 6.07 Å². The molecule has 1 N–H and O–H groups in total. The standard InChI is InChI=1S/C22H31N3O2/c1-15-7-8-17-16(2)24-19-14-21(20(26-3)13-18(19)22(17)23-15)27-12-6-11-25-9-4-5-10-25/h13-15,23H,4-12H2,1-3H3. The van der Waals surface area contributed by atoms with Gasteiger partial charge in [0.25, 0.3) is 0 Å². The lowest BCUT2D eigenvalue weighted by molar-refractivity contribution is 0.254. The third-order valence-electron chi connectivity index (χ3n) is 5.87. The van der Waals surface area contributed by atoms with Crippen molar-refractivity contribution in [3.8, 4) is 11.5 Å². The molecule has 4 rings (SSSR count). The molecular weight excluding hydrogens is 338 g/mol. The molecule has 0 saturated carbocycles. The minimum atomic E-state index is 0.481. The average Bonchev–Trinajstić information content (AvgIpc) is 3.18. The minimum Gasteiger partial charge on any atom is -0.493 e. The van der Waals surface area contributed by atoms with Crippen LogP contribution in [0.5, 0.6) is 11.5 Å². The quantitative estimate of drug-likeness (QED) is 0.775. The van der Waals surface area contributed by atoms with Gasteiger partial charge in [0.1, 0.15) is 0 Å². The van der Waals surface area contributed by atoms with Crippen LogP contribution in [-0.4, -0.2) is 49.3 Å². The molecule has 5 heteroatoms. The van der Waals surface area contributed by atoms with Gasteiger partial charge in [0.05, 0.1) is 19.2 Å². The molecule has 0 radical (unpaired) electrons. The fourth-order valence-corrected chi connectivity index (χ4v) is 4.33. The van der Waals surface area contributed by atoms with E-state index in [0.717, 1.165) is 53.9 Å². The summed E-state index contributed by atoms with van der Waals surface area (Å²) in [6, 6.07) is 4.61. The lowest BCUT2D eigenvalue weighted by Gasteiger charge is -2.27. The molecule has 1 fully saturated rings. The molecule has 1 saturated heterocycles. The third kappa shape index (κ3) is 3.84. The second-order valence-corrected chi connectivity index (χ2v) is 7.91. The van der Waals surface area contributed by atoms with Crippen molar-refractivity contribution in [3.63, 3.8) is 0 Å². The van der Waals surface area contributed by atoms with Crippen LogP contribution in [0.3, 0.4) is 0 Å². The summed E-state index contributed by atoms with van der Waals surface area (Å²) in [6.07, 6.45) is 5.94. The molecule has 1 aromatic carbocycles. The monoisotopic (exact) mass is 369 g/mol. The zero-order valence-electron chi connectivity index (χ0n) is 16.8. The summed E-state index contributed by atoms with van der Waals surface area (Å²) in [6.45, 7) is 8.63. The van der Waals surface area contributed by atoms with Gasteiger partial charge in [-0.2, -0.15) is 0 Å². The van der Waals surface area contributed by atoms with Crippen molar-refractivity contribution in [1.29, 1.82) is 0 Å². The first-order valence-corrected chi connectivity index (χ1v) is 10.3. The number of nitrogens with one attached hydrogen (secondary N) is 1. The molecule has 146 valence electrons. The molecule has 0 amide bonds. The summed E-state index contributed by atoms with van der Waals surface area (Å²) in [5.74, 6) is 1.58. The van der Waals surface area contributed by atoms with Crippen LogP contribution in [0.15, 0.2) is 12.1 Å². The summed E-state index contributed by atoms with van der Waals surface area (Å²) < 4.78 is 11.7. The average molecular weight is 370 g/mol. The van der Waals surface area contributed by atoms with Crippen LogP contribution >= 0.6 is 0 Å². The Morgan fingerprint density at radius 2 is 2.04 bits per heavy atom. The van der Waals surface area contributed by atoms with Gasteiger partial charge in [0, 0.05) is 35.4 Å². The Morgan fingerprint density at radius 1 is 1.22 bits per heavy atom.